The Morgan fingerprint density at radius 1 is 1.47 bits per heavy atom. The molecule has 0 fully saturated rings. The summed E-state index contributed by atoms with van der Waals surface area (Å²) in [6, 6.07) is 0. The van der Waals surface area contributed by atoms with Gasteiger partial charge in [-0.3, -0.25) is 9.35 Å². The van der Waals surface area contributed by atoms with Gasteiger partial charge in [0.1, 0.15) is 5.37 Å². The normalized spacial score (nSPS) is 11.2. The van der Waals surface area contributed by atoms with E-state index in [9.17, 15) is 13.2 Å². The molecule has 7 nitrogen and oxygen atoms in total. The van der Waals surface area contributed by atoms with Crippen molar-refractivity contribution in [3.8, 4) is 0 Å². The summed E-state index contributed by atoms with van der Waals surface area (Å²) >= 11 is 0. The molecule has 8 heteroatoms. The number of nitrogens with one attached hydrogen (secondary N) is 1. The molecular formula is C9H23N3O4S. The van der Waals surface area contributed by atoms with Crippen LogP contribution in [0.2, 0.25) is 0 Å². The molecule has 0 aliphatic rings. The highest BCUT2D eigenvalue weighted by atomic mass is 32.2. The maximum atomic E-state index is 9.99. The zero-order chi connectivity index (χ0) is 14.6. The second kappa shape index (κ2) is 11.5. The minimum Gasteiger partial charge on any atom is -0.366 e. The number of rotatable bonds is 3. The molecule has 17 heavy (non-hydrogen) atoms. The largest absolute Gasteiger partial charge is 0.366 e. The lowest BCUT2D eigenvalue weighted by Crippen LogP contribution is -2.28. The Morgan fingerprint density at radius 2 is 1.71 bits per heavy atom. The average Bonchev–Trinajstić information content (AvgIpc) is 2.17. The molecule has 0 aromatic heterocycles. The lowest BCUT2D eigenvalue weighted by Gasteiger charge is -2.01. The van der Waals surface area contributed by atoms with E-state index in [0.29, 0.717) is 5.57 Å². The van der Waals surface area contributed by atoms with Crippen molar-refractivity contribution in [3.63, 3.8) is 0 Å². The van der Waals surface area contributed by atoms with E-state index in [0.717, 1.165) is 0 Å². The van der Waals surface area contributed by atoms with Crippen molar-refractivity contribution in [3.05, 3.63) is 12.2 Å². The van der Waals surface area contributed by atoms with Gasteiger partial charge >= 0.3 is 0 Å². The van der Waals surface area contributed by atoms with E-state index in [4.69, 9.17) is 16.0 Å². The Labute approximate surface area is 103 Å². The third-order valence-corrected chi connectivity index (χ3v) is 2.30. The van der Waals surface area contributed by atoms with Crippen LogP contribution < -0.4 is 16.8 Å². The number of carbonyl (C=O) groups excluding carboxylic acids is 1. The van der Waals surface area contributed by atoms with Gasteiger partial charge in [-0.1, -0.05) is 13.5 Å². The Bertz CT molecular complexity index is 302. The van der Waals surface area contributed by atoms with E-state index >= 15 is 0 Å². The van der Waals surface area contributed by atoms with Crippen LogP contribution in [0.3, 0.4) is 0 Å². The van der Waals surface area contributed by atoms with Crippen molar-refractivity contribution < 1.29 is 17.8 Å². The van der Waals surface area contributed by atoms with E-state index in [1.165, 1.54) is 0 Å². The molecule has 1 unspecified atom stereocenters. The summed E-state index contributed by atoms with van der Waals surface area (Å²) in [7, 11) is -0.225. The topological polar surface area (TPSA) is 136 Å². The second-order valence-corrected chi connectivity index (χ2v) is 4.74. The summed E-state index contributed by atoms with van der Waals surface area (Å²) in [5.41, 5.74) is 10.0. The van der Waals surface area contributed by atoms with Gasteiger partial charge in [-0.2, -0.15) is 8.42 Å². The molecule has 0 aromatic carbocycles. The van der Waals surface area contributed by atoms with Crippen molar-refractivity contribution in [2.75, 3.05) is 14.1 Å². The number of hydrogen-bond acceptors (Lipinski definition) is 5. The molecule has 0 bridgehead atoms. The Balaban J connectivity index is -0.000000193. The molecule has 0 saturated carbocycles. The van der Waals surface area contributed by atoms with E-state index in [-0.39, 0.29) is 6.42 Å². The first-order chi connectivity index (χ1) is 7.54. The molecule has 0 aliphatic carbocycles. The van der Waals surface area contributed by atoms with Crippen molar-refractivity contribution in [1.82, 2.24) is 5.32 Å². The van der Waals surface area contributed by atoms with E-state index in [2.05, 4.69) is 11.9 Å². The van der Waals surface area contributed by atoms with Gasteiger partial charge in [0.25, 0.3) is 10.1 Å². The zero-order valence-electron chi connectivity index (χ0n) is 10.7. The number of hydrogen-bond donors (Lipinski definition) is 4. The standard InChI is InChI=1S/C4H7NO.C3H9NO3S.C2H7N/c1-3(2)4(5)6;1-2-3(4)8(5,6)7;1-3-2/h1H2,2H3,(H2,5,6);3H,2,4H2,1H3,(H,5,6,7);3H,1-2H3. The minimum absolute atomic E-state index is 0.235. The first-order valence-corrected chi connectivity index (χ1v) is 6.30. The van der Waals surface area contributed by atoms with Crippen LogP contribution in [0.25, 0.3) is 0 Å². The van der Waals surface area contributed by atoms with Gasteiger partial charge in [0, 0.05) is 5.57 Å². The molecule has 1 atom stereocenters. The molecule has 0 aromatic rings. The summed E-state index contributed by atoms with van der Waals surface area (Å²) < 4.78 is 28.1. The predicted molar refractivity (Wildman–Crippen MR) is 68.8 cm³/mol. The van der Waals surface area contributed by atoms with E-state index < -0.39 is 21.4 Å². The maximum absolute atomic E-state index is 9.99. The molecule has 0 aliphatic heterocycles. The Hall–Kier alpha value is -0.960. The maximum Gasteiger partial charge on any atom is 0.280 e. The van der Waals surface area contributed by atoms with Gasteiger partial charge in [-0.05, 0) is 27.4 Å². The van der Waals surface area contributed by atoms with Crippen molar-refractivity contribution in [2.45, 2.75) is 25.6 Å². The van der Waals surface area contributed by atoms with Gasteiger partial charge in [-0.25, -0.2) is 0 Å². The van der Waals surface area contributed by atoms with Crippen molar-refractivity contribution >= 4 is 16.0 Å². The van der Waals surface area contributed by atoms with Gasteiger partial charge in [0.2, 0.25) is 5.91 Å². The van der Waals surface area contributed by atoms with Crippen LogP contribution in [0.5, 0.6) is 0 Å². The summed E-state index contributed by atoms with van der Waals surface area (Å²) in [5.74, 6) is -0.435. The zero-order valence-corrected chi connectivity index (χ0v) is 11.5. The lowest BCUT2D eigenvalue weighted by atomic mass is 10.3. The Kier molecular flexibility index (Phi) is 14.5. The van der Waals surface area contributed by atoms with Crippen LogP contribution in [0.4, 0.5) is 0 Å². The van der Waals surface area contributed by atoms with Gasteiger partial charge < -0.3 is 16.8 Å². The van der Waals surface area contributed by atoms with Gasteiger partial charge in [0.05, 0.1) is 0 Å². The highest BCUT2D eigenvalue weighted by molar-refractivity contribution is 7.86. The van der Waals surface area contributed by atoms with Crippen LogP contribution in [0.1, 0.15) is 20.3 Å². The summed E-state index contributed by atoms with van der Waals surface area (Å²) in [6.07, 6.45) is 0.235. The predicted octanol–water partition coefficient (Wildman–Crippen LogP) is -0.548. The number of primary amides is 1. The summed E-state index contributed by atoms with van der Waals surface area (Å²) in [5, 5.41) is 1.63. The fraction of sp³-hybridized carbons (Fsp3) is 0.667. The molecular weight excluding hydrogens is 246 g/mol. The summed E-state index contributed by atoms with van der Waals surface area (Å²) in [4.78, 5) is 9.82. The first kappa shape index (κ1) is 21.3. The first-order valence-electron chi connectivity index (χ1n) is 4.80. The fourth-order valence-corrected chi connectivity index (χ4v) is 0.632. The molecule has 0 saturated heterocycles. The number of nitrogens with two attached hydrogens (primary N) is 2. The highest BCUT2D eigenvalue weighted by Crippen LogP contribution is 1.93. The van der Waals surface area contributed by atoms with E-state index in [1.807, 2.05) is 14.1 Å². The molecule has 0 spiro atoms. The monoisotopic (exact) mass is 269 g/mol. The van der Waals surface area contributed by atoms with Crippen LogP contribution in [0.15, 0.2) is 12.2 Å². The fourth-order valence-electron chi connectivity index (χ4n) is 0.211. The third kappa shape index (κ3) is 21.0. The molecule has 0 radical (unpaired) electrons. The van der Waals surface area contributed by atoms with Crippen molar-refractivity contribution in [2.24, 2.45) is 11.5 Å². The van der Waals surface area contributed by atoms with Gasteiger partial charge in [-0.15, -0.1) is 0 Å². The third-order valence-electron chi connectivity index (χ3n) is 1.21. The molecule has 0 rings (SSSR count). The molecule has 1 amide bonds. The number of carbonyl (C=O) groups is 1. The van der Waals surface area contributed by atoms with Crippen LogP contribution in [-0.2, 0) is 14.9 Å². The van der Waals surface area contributed by atoms with Crippen LogP contribution >= 0.6 is 0 Å². The quantitative estimate of drug-likeness (QED) is 0.401. The Morgan fingerprint density at radius 3 is 1.71 bits per heavy atom. The molecule has 0 heterocycles. The van der Waals surface area contributed by atoms with Crippen LogP contribution in [-0.4, -0.2) is 38.3 Å². The van der Waals surface area contributed by atoms with E-state index in [1.54, 1.807) is 13.8 Å². The molecule has 104 valence electrons. The average molecular weight is 269 g/mol. The van der Waals surface area contributed by atoms with Gasteiger partial charge in [0.15, 0.2) is 0 Å². The lowest BCUT2D eigenvalue weighted by molar-refractivity contribution is -0.114. The highest BCUT2D eigenvalue weighted by Gasteiger charge is 2.13. The summed E-state index contributed by atoms with van der Waals surface area (Å²) in [6.45, 7) is 6.43. The molecule has 6 N–H and O–H groups in total. The SMILES string of the molecule is C=C(C)C(N)=O.CCC(N)S(=O)(=O)O.CNC. The van der Waals surface area contributed by atoms with Crippen LogP contribution in [0, 0.1) is 0 Å². The minimum atomic E-state index is -3.98. The van der Waals surface area contributed by atoms with Crippen molar-refractivity contribution in [1.29, 1.82) is 0 Å². The smallest absolute Gasteiger partial charge is 0.280 e. The number of amides is 1. The second-order valence-electron chi connectivity index (χ2n) is 3.11.